The Morgan fingerprint density at radius 3 is 2.73 bits per heavy atom. The molecule has 1 aliphatic rings. The van der Waals surface area contributed by atoms with Gasteiger partial charge in [0.05, 0.1) is 6.10 Å². The van der Waals surface area contributed by atoms with E-state index in [4.69, 9.17) is 5.11 Å². The summed E-state index contributed by atoms with van der Waals surface area (Å²) < 4.78 is 24.5. The van der Waals surface area contributed by atoms with Crippen LogP contribution in [0.2, 0.25) is 0 Å². The van der Waals surface area contributed by atoms with E-state index in [1.165, 1.54) is 0 Å². The second kappa shape index (κ2) is 3.97. The van der Waals surface area contributed by atoms with Crippen molar-refractivity contribution >= 4 is 0 Å². The Morgan fingerprint density at radius 1 is 1.45 bits per heavy atom. The van der Waals surface area contributed by atoms with Crippen LogP contribution < -0.4 is 0 Å². The van der Waals surface area contributed by atoms with E-state index in [9.17, 15) is 8.78 Å². The van der Waals surface area contributed by atoms with Gasteiger partial charge in [-0.2, -0.15) is 0 Å². The molecule has 0 aromatic heterocycles. The first-order valence-corrected chi connectivity index (χ1v) is 3.83. The Hall–Kier alpha value is -0.220. The molecule has 0 bridgehead atoms. The van der Waals surface area contributed by atoms with Gasteiger partial charge in [0.15, 0.2) is 0 Å². The van der Waals surface area contributed by atoms with E-state index in [0.29, 0.717) is 6.54 Å². The lowest BCUT2D eigenvalue weighted by Crippen LogP contribution is -2.44. The normalized spacial score (nSPS) is 34.1. The molecule has 0 saturated carbocycles. The number of hydrogen-bond donors (Lipinski definition) is 1. The monoisotopic (exact) mass is 165 g/mol. The summed E-state index contributed by atoms with van der Waals surface area (Å²) >= 11 is 0. The molecule has 1 fully saturated rings. The molecule has 1 N–H and O–H groups in total. The number of piperidine rings is 1. The number of β-amino-alcohol motifs (C(OH)–C–C–N with tert-alkyl or cyclic N) is 1. The van der Waals surface area contributed by atoms with Gasteiger partial charge in [-0.25, -0.2) is 8.78 Å². The number of likely N-dealkylation sites (tertiary alicyclic amines) is 1. The molecule has 0 aromatic carbocycles. The highest BCUT2D eigenvalue weighted by atomic mass is 19.1. The van der Waals surface area contributed by atoms with Crippen molar-refractivity contribution in [3.05, 3.63) is 0 Å². The van der Waals surface area contributed by atoms with E-state index in [1.807, 2.05) is 0 Å². The fraction of sp³-hybridized carbons (Fsp3) is 1.00. The molecule has 0 radical (unpaired) electrons. The number of halogens is 2. The average Bonchev–Trinajstić information content (AvgIpc) is 1.85. The van der Waals surface area contributed by atoms with Crippen molar-refractivity contribution in [2.24, 2.45) is 0 Å². The molecule has 0 aromatic rings. The number of hydrogen-bond acceptors (Lipinski definition) is 2. The van der Waals surface area contributed by atoms with E-state index < -0.39 is 19.0 Å². The summed E-state index contributed by atoms with van der Waals surface area (Å²) in [5.41, 5.74) is 0. The summed E-state index contributed by atoms with van der Waals surface area (Å²) in [6.07, 6.45) is -1.42. The standard InChI is InChI=1S/C7H13F2NO/c8-1-2-10-4-6(9)3-7(11)5-10/h6-7,11H,1-5H2. The van der Waals surface area contributed by atoms with E-state index in [1.54, 1.807) is 4.90 Å². The molecule has 66 valence electrons. The summed E-state index contributed by atoms with van der Waals surface area (Å²) in [5, 5.41) is 9.07. The van der Waals surface area contributed by atoms with Crippen molar-refractivity contribution in [1.82, 2.24) is 4.90 Å². The lowest BCUT2D eigenvalue weighted by atomic mass is 10.1. The van der Waals surface area contributed by atoms with Gasteiger partial charge in [0.1, 0.15) is 12.8 Å². The number of aliphatic hydroxyl groups is 1. The van der Waals surface area contributed by atoms with Gasteiger partial charge >= 0.3 is 0 Å². The summed E-state index contributed by atoms with van der Waals surface area (Å²) in [6.45, 7) is 0.433. The van der Waals surface area contributed by atoms with Crippen molar-refractivity contribution in [3.8, 4) is 0 Å². The molecule has 2 nitrogen and oxygen atoms in total. The van der Waals surface area contributed by atoms with Crippen molar-refractivity contribution in [2.75, 3.05) is 26.3 Å². The molecule has 2 atom stereocenters. The summed E-state index contributed by atoms with van der Waals surface area (Å²) in [7, 11) is 0. The van der Waals surface area contributed by atoms with Crippen LogP contribution in [0.25, 0.3) is 0 Å². The molecule has 1 heterocycles. The maximum atomic E-state index is 12.7. The van der Waals surface area contributed by atoms with Gasteiger partial charge in [0, 0.05) is 26.1 Å². The molecule has 2 unspecified atom stereocenters. The second-order valence-electron chi connectivity index (χ2n) is 2.94. The van der Waals surface area contributed by atoms with Gasteiger partial charge in [-0.1, -0.05) is 0 Å². The maximum Gasteiger partial charge on any atom is 0.115 e. The van der Waals surface area contributed by atoms with Crippen LogP contribution >= 0.6 is 0 Å². The molecule has 0 aliphatic carbocycles. The number of aliphatic hydroxyl groups excluding tert-OH is 1. The number of nitrogens with zero attached hydrogens (tertiary/aromatic N) is 1. The van der Waals surface area contributed by atoms with E-state index >= 15 is 0 Å². The first kappa shape index (κ1) is 8.87. The fourth-order valence-corrected chi connectivity index (χ4v) is 1.40. The molecule has 0 amide bonds. The van der Waals surface area contributed by atoms with Gasteiger partial charge in [-0.15, -0.1) is 0 Å². The fourth-order valence-electron chi connectivity index (χ4n) is 1.40. The molecule has 1 saturated heterocycles. The van der Waals surface area contributed by atoms with E-state index in [2.05, 4.69) is 0 Å². The molecule has 1 aliphatic heterocycles. The third-order valence-electron chi connectivity index (χ3n) is 1.85. The van der Waals surface area contributed by atoms with Crippen LogP contribution in [0, 0.1) is 0 Å². The first-order valence-electron chi connectivity index (χ1n) is 3.83. The lowest BCUT2D eigenvalue weighted by Gasteiger charge is -2.31. The second-order valence-corrected chi connectivity index (χ2v) is 2.94. The van der Waals surface area contributed by atoms with Gasteiger partial charge in [0.2, 0.25) is 0 Å². The van der Waals surface area contributed by atoms with Crippen LogP contribution in [0.15, 0.2) is 0 Å². The van der Waals surface area contributed by atoms with Crippen molar-refractivity contribution in [2.45, 2.75) is 18.7 Å². The summed E-state index contributed by atoms with van der Waals surface area (Å²) in [5.74, 6) is 0. The Bertz CT molecular complexity index is 113. The molecule has 0 spiro atoms. The minimum atomic E-state index is -0.995. The van der Waals surface area contributed by atoms with Crippen LogP contribution in [0.1, 0.15) is 6.42 Å². The van der Waals surface area contributed by atoms with E-state index in [-0.39, 0.29) is 19.5 Å². The third kappa shape index (κ3) is 2.71. The summed E-state index contributed by atoms with van der Waals surface area (Å²) in [4.78, 5) is 1.61. The predicted octanol–water partition coefficient (Wildman–Crippen LogP) is 0.361. The minimum Gasteiger partial charge on any atom is -0.392 e. The highest BCUT2D eigenvalue weighted by Gasteiger charge is 2.24. The van der Waals surface area contributed by atoms with Gasteiger partial charge < -0.3 is 5.11 Å². The van der Waals surface area contributed by atoms with Crippen LogP contribution in [0.4, 0.5) is 8.78 Å². The van der Waals surface area contributed by atoms with Crippen molar-refractivity contribution in [3.63, 3.8) is 0 Å². The molecular weight excluding hydrogens is 152 g/mol. The topological polar surface area (TPSA) is 23.5 Å². The van der Waals surface area contributed by atoms with Crippen LogP contribution in [-0.4, -0.2) is 48.6 Å². The molecular formula is C7H13F2NO. The first-order chi connectivity index (χ1) is 5.22. The highest BCUT2D eigenvalue weighted by Crippen LogP contribution is 2.12. The van der Waals surface area contributed by atoms with Gasteiger partial charge in [0.25, 0.3) is 0 Å². The van der Waals surface area contributed by atoms with Gasteiger partial charge in [-0.3, -0.25) is 4.90 Å². The highest BCUT2D eigenvalue weighted by molar-refractivity contribution is 4.77. The minimum absolute atomic E-state index is 0.197. The smallest absolute Gasteiger partial charge is 0.115 e. The Kier molecular flexibility index (Phi) is 3.20. The average molecular weight is 165 g/mol. The van der Waals surface area contributed by atoms with Crippen molar-refractivity contribution in [1.29, 1.82) is 0 Å². The van der Waals surface area contributed by atoms with Crippen LogP contribution in [0.3, 0.4) is 0 Å². The SMILES string of the molecule is OC1CC(F)CN(CCF)C1. The van der Waals surface area contributed by atoms with E-state index in [0.717, 1.165) is 0 Å². The quantitative estimate of drug-likeness (QED) is 0.638. The molecule has 11 heavy (non-hydrogen) atoms. The largest absolute Gasteiger partial charge is 0.392 e. The third-order valence-corrected chi connectivity index (χ3v) is 1.85. The van der Waals surface area contributed by atoms with Crippen LogP contribution in [-0.2, 0) is 0 Å². The van der Waals surface area contributed by atoms with Gasteiger partial charge in [-0.05, 0) is 0 Å². The Balaban J connectivity index is 2.30. The zero-order chi connectivity index (χ0) is 8.27. The number of alkyl halides is 2. The maximum absolute atomic E-state index is 12.7. The van der Waals surface area contributed by atoms with Crippen molar-refractivity contribution < 1.29 is 13.9 Å². The Labute approximate surface area is 64.8 Å². The lowest BCUT2D eigenvalue weighted by molar-refractivity contribution is 0.0241. The summed E-state index contributed by atoms with van der Waals surface area (Å²) in [6, 6.07) is 0. The number of rotatable bonds is 2. The van der Waals surface area contributed by atoms with Crippen LogP contribution in [0.5, 0.6) is 0 Å². The Morgan fingerprint density at radius 2 is 2.18 bits per heavy atom. The molecule has 4 heteroatoms. The zero-order valence-electron chi connectivity index (χ0n) is 6.34. The predicted molar refractivity (Wildman–Crippen MR) is 37.9 cm³/mol. The molecule has 1 rings (SSSR count). The zero-order valence-corrected chi connectivity index (χ0v) is 6.34.